The van der Waals surface area contributed by atoms with E-state index in [-0.39, 0.29) is 7.43 Å². The molecule has 0 rings (SSSR count). The van der Waals surface area contributed by atoms with Gasteiger partial charge in [0.2, 0.25) is 0 Å². The van der Waals surface area contributed by atoms with Crippen LogP contribution in [0.3, 0.4) is 0 Å². The molecule has 0 aliphatic rings. The van der Waals surface area contributed by atoms with Crippen LogP contribution in [0.1, 0.15) is 0 Å². The molecule has 0 aromatic rings. The van der Waals surface area contributed by atoms with Gasteiger partial charge in [-0.15, -0.1) is 0 Å². The van der Waals surface area contributed by atoms with Crippen molar-refractivity contribution in [2.24, 2.45) is 0 Å². The summed E-state index contributed by atoms with van der Waals surface area (Å²) < 4.78 is 67.7. The van der Waals surface area contributed by atoms with Crippen LogP contribution in [0.2, 0.25) is 0 Å². The average molecular weight is 248 g/mol. The first-order valence-corrected chi connectivity index (χ1v) is 5.66. The van der Waals surface area contributed by atoms with Gasteiger partial charge in [-0.1, -0.05) is 0 Å². The molecule has 0 aliphatic heterocycles. The maximum absolute atomic E-state index is 8.46. The number of hydrogen-bond acceptors (Lipinski definition) is 8. The van der Waals surface area contributed by atoms with Crippen molar-refractivity contribution < 1.29 is 31.8 Å². The molecule has 0 heterocycles. The Labute approximate surface area is 101 Å². The third-order valence-electron chi connectivity index (χ3n) is 0. The molecule has 0 unspecified atom stereocenters. The fraction of sp³-hybridized carbons (Fsp3) is 0. The van der Waals surface area contributed by atoms with Crippen LogP contribution in [0.25, 0.3) is 0 Å². The van der Waals surface area contributed by atoms with Gasteiger partial charge < -0.3 is 0 Å². The Bertz CT molecular complexity index is 70.1. The van der Waals surface area contributed by atoms with E-state index in [1.165, 1.54) is 0 Å². The van der Waals surface area contributed by atoms with Gasteiger partial charge in [-0.3, -0.25) is 0 Å². The van der Waals surface area contributed by atoms with Gasteiger partial charge in [0.15, 0.2) is 0 Å². The molecule has 0 radical (unpaired) electrons. The zero-order valence-electron chi connectivity index (χ0n) is 6.08. The molecule has 13 heavy (non-hydrogen) atoms. The first-order valence-electron chi connectivity index (χ1n) is 1.89. The van der Waals surface area contributed by atoms with Crippen LogP contribution in [-0.4, -0.2) is 61.9 Å². The summed E-state index contributed by atoms with van der Waals surface area (Å²) in [5, 5.41) is 0. The zero-order chi connectivity index (χ0) is 10.8. The predicted octanol–water partition coefficient (Wildman–Crippen LogP) is -6.67. The Kier molecular flexibility index (Phi) is 182. The van der Waals surface area contributed by atoms with Crippen LogP contribution in [0.15, 0.2) is 0 Å². The molecule has 0 atom stereocenters. The summed E-state index contributed by atoms with van der Waals surface area (Å²) in [4.78, 5) is 0. The van der Waals surface area contributed by atoms with Gasteiger partial charge in [0, 0.05) is 0 Å². The van der Waals surface area contributed by atoms with Crippen molar-refractivity contribution in [1.82, 2.24) is 0 Å². The summed E-state index contributed by atoms with van der Waals surface area (Å²) in [5.74, 6) is 0. The van der Waals surface area contributed by atoms with Gasteiger partial charge in [-0.05, 0) is 0 Å². The SMILES string of the molecule is [C+4].[O]=[Al][O-].[O]=[Al][O-].[O]=[Al][O-].[O]=[Al][O-]. The number of rotatable bonds is 0. The third-order valence-corrected chi connectivity index (χ3v) is 0. The molecule has 0 aromatic heterocycles. The van der Waals surface area contributed by atoms with Crippen LogP contribution in [0.4, 0.5) is 0 Å². The summed E-state index contributed by atoms with van der Waals surface area (Å²) in [7, 11) is 0. The van der Waals surface area contributed by atoms with E-state index in [0.29, 0.717) is 0 Å². The Hall–Kier alpha value is 0.530. The van der Waals surface area contributed by atoms with E-state index in [4.69, 9.17) is 31.8 Å². The van der Waals surface area contributed by atoms with E-state index in [1.807, 2.05) is 0 Å². The first-order chi connectivity index (χ1) is 5.66. The van der Waals surface area contributed by atoms with Gasteiger partial charge in [0.25, 0.3) is 0 Å². The quantitative estimate of drug-likeness (QED) is 0.382. The zero-order valence-corrected chi connectivity index (χ0v) is 10.7. The van der Waals surface area contributed by atoms with Crippen molar-refractivity contribution in [2.45, 2.75) is 0 Å². The van der Waals surface area contributed by atoms with Crippen LogP contribution in [-0.2, 0) is 15.2 Å². The molecule has 0 N–H and O–H groups in total. The predicted molar refractivity (Wildman–Crippen MR) is 29.0 cm³/mol. The number of hydrogen-bond donors (Lipinski definition) is 0. The molecule has 0 saturated heterocycles. The third kappa shape index (κ3) is 4950. The van der Waals surface area contributed by atoms with E-state index in [0.717, 1.165) is 0 Å². The fourth-order valence-corrected chi connectivity index (χ4v) is 0. The maximum atomic E-state index is 8.46. The molecular formula is CAl4O8. The standard InChI is InChI=1S/C.4Al.8O/q+4;;;;;;;;;4*-1. The molecule has 12 heteroatoms. The first kappa shape index (κ1) is 29.2. The van der Waals surface area contributed by atoms with Gasteiger partial charge in [0.05, 0.1) is 0 Å². The molecule has 8 nitrogen and oxygen atoms in total. The topological polar surface area (TPSA) is 161 Å². The Morgan fingerprint density at radius 1 is 0.538 bits per heavy atom. The van der Waals surface area contributed by atoms with E-state index in [9.17, 15) is 0 Å². The molecule has 0 aromatic carbocycles. The summed E-state index contributed by atoms with van der Waals surface area (Å²) in [5.41, 5.74) is 0. The summed E-state index contributed by atoms with van der Waals surface area (Å²) in [6.45, 7) is 0. The summed E-state index contributed by atoms with van der Waals surface area (Å²) in [6, 6.07) is 0. The van der Waals surface area contributed by atoms with Crippen molar-refractivity contribution in [2.75, 3.05) is 0 Å². The van der Waals surface area contributed by atoms with Crippen molar-refractivity contribution in [3.63, 3.8) is 0 Å². The summed E-state index contributed by atoms with van der Waals surface area (Å²) in [6.07, 6.45) is 0. The second kappa shape index (κ2) is 81.2. The van der Waals surface area contributed by atoms with Crippen molar-refractivity contribution in [3.05, 3.63) is 7.43 Å². The Morgan fingerprint density at radius 2 is 0.538 bits per heavy atom. The molecule has 64 valence electrons. The van der Waals surface area contributed by atoms with E-state index < -0.39 is 61.9 Å². The second-order valence-corrected chi connectivity index (χ2v) is 1.15. The van der Waals surface area contributed by atoms with Crippen molar-refractivity contribution >= 4 is 61.9 Å². The van der Waals surface area contributed by atoms with Gasteiger partial charge in [0.1, 0.15) is 0 Å². The second-order valence-electron chi connectivity index (χ2n) is 0.385. The molecule has 0 bridgehead atoms. The summed E-state index contributed by atoms with van der Waals surface area (Å²) >= 11 is -7.00. The molecule has 0 fully saturated rings. The molecule has 0 aliphatic carbocycles. The van der Waals surface area contributed by atoms with Gasteiger partial charge in [-0.25, -0.2) is 0 Å². The minimum atomic E-state index is -1.75. The average Bonchev–Trinajstić information content (AvgIpc) is 1.92. The van der Waals surface area contributed by atoms with E-state index >= 15 is 0 Å². The van der Waals surface area contributed by atoms with Crippen molar-refractivity contribution in [1.29, 1.82) is 0 Å². The monoisotopic (exact) mass is 248 g/mol. The van der Waals surface area contributed by atoms with Crippen LogP contribution in [0.5, 0.6) is 0 Å². The Morgan fingerprint density at radius 3 is 0.538 bits per heavy atom. The van der Waals surface area contributed by atoms with Gasteiger partial charge in [-0.2, -0.15) is 0 Å². The van der Waals surface area contributed by atoms with E-state index in [2.05, 4.69) is 0 Å². The van der Waals surface area contributed by atoms with Crippen LogP contribution in [0, 0.1) is 7.43 Å². The fourth-order valence-electron chi connectivity index (χ4n) is 0. The van der Waals surface area contributed by atoms with Gasteiger partial charge >= 0.3 is 101 Å². The van der Waals surface area contributed by atoms with E-state index in [1.54, 1.807) is 0 Å². The molecule has 0 spiro atoms. The molecule has 0 saturated carbocycles. The van der Waals surface area contributed by atoms with Crippen LogP contribution < -0.4 is 16.6 Å². The minimum absolute atomic E-state index is 0. The van der Waals surface area contributed by atoms with Crippen LogP contribution >= 0.6 is 0 Å². The normalized spacial score (nSPS) is 2.46. The van der Waals surface area contributed by atoms with Crippen molar-refractivity contribution in [3.8, 4) is 0 Å². The molecule has 0 amide bonds. The molecular weight excluding hydrogens is 248 g/mol. The Balaban J connectivity index is -0.0000000213.